The third kappa shape index (κ3) is 9.82. The number of fused-ring (bicyclic) bond motifs is 1. The fourth-order valence-electron chi connectivity index (χ4n) is 10.0. The van der Waals surface area contributed by atoms with Crippen LogP contribution in [0.2, 0.25) is 0 Å². The first-order chi connectivity index (χ1) is 24.9. The highest BCUT2D eigenvalue weighted by molar-refractivity contribution is 7.92. The molecule has 298 valence electrons. The van der Waals surface area contributed by atoms with Crippen molar-refractivity contribution < 1.29 is 32.4 Å². The first kappa shape index (κ1) is 41.6. The molecule has 5 atom stereocenters. The maximum Gasteiger partial charge on any atom is 0.315 e. The normalized spacial score (nSPS) is 27.0. The largest absolute Gasteiger partial charge is 0.332 e. The number of Topliss-reactive ketones (excluding diaryl/α,β-unsaturated/α-hetero) is 3. The van der Waals surface area contributed by atoms with Crippen LogP contribution in [0.25, 0.3) is 0 Å². The predicted molar refractivity (Wildman–Crippen MR) is 207 cm³/mol. The third-order valence-corrected chi connectivity index (χ3v) is 16.4. The third-order valence-electron chi connectivity index (χ3n) is 13.6. The first-order valence-corrected chi connectivity index (χ1v) is 22.4. The van der Waals surface area contributed by atoms with E-state index in [4.69, 9.17) is 0 Å². The van der Waals surface area contributed by atoms with E-state index in [-0.39, 0.29) is 53.5 Å². The number of hydrogen-bond donors (Lipinski definition) is 2. The molecule has 1 aliphatic heterocycles. The van der Waals surface area contributed by atoms with E-state index < -0.39 is 55.7 Å². The van der Waals surface area contributed by atoms with Crippen LogP contribution in [0, 0.1) is 35.0 Å². The Bertz CT molecular complexity index is 1500. The van der Waals surface area contributed by atoms with Crippen molar-refractivity contribution in [2.75, 3.05) is 12.3 Å². The molecule has 0 spiro atoms. The van der Waals surface area contributed by atoms with Crippen LogP contribution in [0.15, 0.2) is 12.7 Å². The van der Waals surface area contributed by atoms with Gasteiger partial charge < -0.3 is 15.5 Å². The minimum absolute atomic E-state index is 0.0523. The molecule has 1 heterocycles. The summed E-state index contributed by atoms with van der Waals surface area (Å²) in [6.07, 6.45) is 14.5. The molecule has 0 bridgehead atoms. The molecule has 11 heteroatoms. The Balaban J connectivity index is 1.41. The first-order valence-electron chi connectivity index (χ1n) is 20.7. The average Bonchev–Trinajstić information content (AvgIpc) is 3.75. The molecule has 10 nitrogen and oxygen atoms in total. The monoisotopic (exact) mass is 757 g/mol. The molecule has 4 aliphatic carbocycles. The molecular formula is C42H67N3O7S. The number of carbonyl (C=O) groups excluding carboxylic acids is 5. The van der Waals surface area contributed by atoms with Gasteiger partial charge in [0.2, 0.25) is 11.7 Å². The van der Waals surface area contributed by atoms with Crippen molar-refractivity contribution in [3.8, 4) is 0 Å². The van der Waals surface area contributed by atoms with E-state index in [1.807, 2.05) is 0 Å². The van der Waals surface area contributed by atoms with Gasteiger partial charge in [0.1, 0.15) is 6.04 Å². The summed E-state index contributed by atoms with van der Waals surface area (Å²) in [6.45, 7) is 13.5. The van der Waals surface area contributed by atoms with Gasteiger partial charge in [-0.2, -0.15) is 0 Å². The fourth-order valence-corrected chi connectivity index (χ4v) is 11.5. The second-order valence-corrected chi connectivity index (χ2v) is 21.8. The van der Waals surface area contributed by atoms with E-state index >= 15 is 4.79 Å². The van der Waals surface area contributed by atoms with Gasteiger partial charge in [-0.25, -0.2) is 13.2 Å². The van der Waals surface area contributed by atoms with Crippen LogP contribution in [-0.4, -0.2) is 77.3 Å². The number of rotatable bonds is 16. The summed E-state index contributed by atoms with van der Waals surface area (Å²) in [5.41, 5.74) is -1.01. The summed E-state index contributed by atoms with van der Waals surface area (Å²) < 4.78 is 26.0. The van der Waals surface area contributed by atoms with Gasteiger partial charge in [-0.15, -0.1) is 6.58 Å². The Morgan fingerprint density at radius 2 is 1.55 bits per heavy atom. The zero-order valence-corrected chi connectivity index (χ0v) is 34.0. The van der Waals surface area contributed by atoms with E-state index in [1.165, 1.54) is 0 Å². The minimum atomic E-state index is -3.55. The van der Waals surface area contributed by atoms with Crippen LogP contribution >= 0.6 is 0 Å². The summed E-state index contributed by atoms with van der Waals surface area (Å²) in [7, 11) is -3.55. The molecule has 0 aromatic carbocycles. The number of carbonyl (C=O) groups is 5. The smallest absolute Gasteiger partial charge is 0.315 e. The van der Waals surface area contributed by atoms with E-state index in [0.717, 1.165) is 77.0 Å². The molecule has 5 fully saturated rings. The molecule has 3 amide bonds. The molecule has 1 unspecified atom stereocenters. The zero-order chi connectivity index (χ0) is 38.8. The standard InChI is InChI=1S/C42H67N3O7S/c1-7-8-17-33(46)37(48)30(24-28-18-19-28)25-34(47)36-31-20-23-41(5,6)32(31)26-45(36)38(49)35(29-15-11-9-12-16-29)43-39(50)44-42(21-13-10-14-22-42)27-53(51,52)40(2,3)4/h7,28-32,35-36H,1,8-27H2,2-6H3,(H2,43,44,50)/t30?,31-,32-,35-,36-/m0/s1. The van der Waals surface area contributed by atoms with Crippen LogP contribution < -0.4 is 10.6 Å². The summed E-state index contributed by atoms with van der Waals surface area (Å²) in [5.74, 6) is -1.92. The topological polar surface area (TPSA) is 147 Å². The number of likely N-dealkylation sites (tertiary alicyclic amines) is 1. The summed E-state index contributed by atoms with van der Waals surface area (Å²) in [6, 6.07) is -2.11. The molecule has 5 aliphatic rings. The van der Waals surface area contributed by atoms with Gasteiger partial charge >= 0.3 is 6.03 Å². The maximum absolute atomic E-state index is 15.0. The summed E-state index contributed by atoms with van der Waals surface area (Å²) >= 11 is 0. The van der Waals surface area contributed by atoms with Crippen molar-refractivity contribution in [1.29, 1.82) is 0 Å². The molecule has 4 saturated carbocycles. The molecule has 1 saturated heterocycles. The van der Waals surface area contributed by atoms with Gasteiger partial charge in [0.25, 0.3) is 0 Å². The highest BCUT2D eigenvalue weighted by atomic mass is 32.2. The van der Waals surface area contributed by atoms with Crippen molar-refractivity contribution in [1.82, 2.24) is 15.5 Å². The number of allylic oxidation sites excluding steroid dienone is 1. The van der Waals surface area contributed by atoms with Gasteiger partial charge in [-0.05, 0) is 101 Å². The Hall–Kier alpha value is -2.56. The Morgan fingerprint density at radius 3 is 2.15 bits per heavy atom. The van der Waals surface area contributed by atoms with Crippen molar-refractivity contribution in [2.24, 2.45) is 35.0 Å². The van der Waals surface area contributed by atoms with Gasteiger partial charge in [-0.3, -0.25) is 19.2 Å². The lowest BCUT2D eigenvalue weighted by Gasteiger charge is -2.41. The molecule has 0 aromatic rings. The zero-order valence-electron chi connectivity index (χ0n) is 33.2. The van der Waals surface area contributed by atoms with Gasteiger partial charge in [0.05, 0.1) is 22.1 Å². The van der Waals surface area contributed by atoms with Crippen LogP contribution in [0.4, 0.5) is 4.79 Å². The van der Waals surface area contributed by atoms with Crippen LogP contribution in [-0.2, 0) is 29.0 Å². The van der Waals surface area contributed by atoms with E-state index in [9.17, 15) is 27.6 Å². The lowest BCUT2D eigenvalue weighted by atomic mass is 9.78. The van der Waals surface area contributed by atoms with Gasteiger partial charge in [0.15, 0.2) is 21.4 Å². The molecular weight excluding hydrogens is 691 g/mol. The predicted octanol–water partition coefficient (Wildman–Crippen LogP) is 6.89. The lowest BCUT2D eigenvalue weighted by Crippen LogP contribution is -2.62. The Morgan fingerprint density at radius 1 is 0.906 bits per heavy atom. The highest BCUT2D eigenvalue weighted by Gasteiger charge is 2.57. The van der Waals surface area contributed by atoms with Gasteiger partial charge in [0, 0.05) is 25.3 Å². The highest BCUT2D eigenvalue weighted by Crippen LogP contribution is 2.53. The molecule has 0 radical (unpaired) electrons. The van der Waals surface area contributed by atoms with E-state index in [1.54, 1.807) is 31.7 Å². The van der Waals surface area contributed by atoms with Gasteiger partial charge in [-0.1, -0.05) is 71.3 Å². The number of hydrogen-bond acceptors (Lipinski definition) is 7. The molecule has 2 N–H and O–H groups in total. The summed E-state index contributed by atoms with van der Waals surface area (Å²) in [4.78, 5) is 71.8. The minimum Gasteiger partial charge on any atom is -0.332 e. The van der Waals surface area contributed by atoms with Crippen molar-refractivity contribution >= 4 is 39.1 Å². The quantitative estimate of drug-likeness (QED) is 0.129. The number of amides is 3. The van der Waals surface area contributed by atoms with Crippen molar-refractivity contribution in [3.63, 3.8) is 0 Å². The summed E-state index contributed by atoms with van der Waals surface area (Å²) in [5, 5.41) is 6.19. The van der Waals surface area contributed by atoms with E-state index in [0.29, 0.717) is 38.1 Å². The average molecular weight is 758 g/mol. The second-order valence-electron chi connectivity index (χ2n) is 19.1. The van der Waals surface area contributed by atoms with Crippen LogP contribution in [0.3, 0.4) is 0 Å². The number of ketones is 3. The van der Waals surface area contributed by atoms with Crippen molar-refractivity contribution in [2.45, 2.75) is 173 Å². The van der Waals surface area contributed by atoms with Crippen molar-refractivity contribution in [3.05, 3.63) is 12.7 Å². The maximum atomic E-state index is 15.0. The van der Waals surface area contributed by atoms with E-state index in [2.05, 4.69) is 31.1 Å². The lowest BCUT2D eigenvalue weighted by molar-refractivity contribution is -0.143. The Labute approximate surface area is 318 Å². The number of urea groups is 1. The van der Waals surface area contributed by atoms with Crippen LogP contribution in [0.1, 0.15) is 150 Å². The SMILES string of the molecule is C=CCCC(=O)C(=O)C(CC(=O)[C@@H]1[C@H]2CCC(C)(C)[C@H]2CN1C(=O)[C@@H](NC(=O)NC1(CS(=O)(=O)C(C)(C)C)CCCCC1)C1CCCCC1)CC1CC1. The molecule has 0 aromatic heterocycles. The number of nitrogens with one attached hydrogen (secondary N) is 2. The molecule has 53 heavy (non-hydrogen) atoms. The van der Waals surface area contributed by atoms with Crippen LogP contribution in [0.5, 0.6) is 0 Å². The molecule has 5 rings (SSSR count). The fraction of sp³-hybridized carbons (Fsp3) is 0.833. The number of nitrogens with zero attached hydrogens (tertiary/aromatic N) is 1. The Kier molecular flexibility index (Phi) is 13.1. The number of sulfone groups is 1. The second kappa shape index (κ2) is 16.7.